The minimum absolute atomic E-state index is 0.104. The van der Waals surface area contributed by atoms with Crippen LogP contribution in [0.15, 0.2) is 11.6 Å². The van der Waals surface area contributed by atoms with Gasteiger partial charge in [-0.2, -0.15) is 0 Å². The van der Waals surface area contributed by atoms with Gasteiger partial charge in [-0.05, 0) is 74.2 Å². The molecule has 0 spiro atoms. The lowest BCUT2D eigenvalue weighted by atomic mass is 9.71. The molecule has 0 unspecified atom stereocenters. The maximum atomic E-state index is 11.6. The van der Waals surface area contributed by atoms with Crippen molar-refractivity contribution >= 4 is 5.78 Å². The molecule has 0 bridgehead atoms. The van der Waals surface area contributed by atoms with E-state index in [-0.39, 0.29) is 11.5 Å². The summed E-state index contributed by atoms with van der Waals surface area (Å²) in [6, 6.07) is 0. The average molecular weight is 321 g/mol. The van der Waals surface area contributed by atoms with Crippen LogP contribution < -0.4 is 0 Å². The molecule has 2 aliphatic carbocycles. The quantitative estimate of drug-likeness (QED) is 0.691. The first-order chi connectivity index (χ1) is 10.8. The van der Waals surface area contributed by atoms with Gasteiger partial charge in [0.25, 0.3) is 0 Å². The van der Waals surface area contributed by atoms with Crippen molar-refractivity contribution < 1.29 is 9.90 Å². The van der Waals surface area contributed by atoms with Crippen molar-refractivity contribution in [2.24, 2.45) is 23.2 Å². The van der Waals surface area contributed by atoms with E-state index in [1.165, 1.54) is 24.8 Å². The normalized spacial score (nSPS) is 35.0. The number of hydrogen-bond acceptors (Lipinski definition) is 2. The molecule has 23 heavy (non-hydrogen) atoms. The van der Waals surface area contributed by atoms with Gasteiger partial charge in [0.15, 0.2) is 5.78 Å². The van der Waals surface area contributed by atoms with E-state index in [9.17, 15) is 9.90 Å². The number of carbonyl (C=O) groups excluding carboxylic acids is 1. The summed E-state index contributed by atoms with van der Waals surface area (Å²) in [5.41, 5.74) is 1.47. The summed E-state index contributed by atoms with van der Waals surface area (Å²) in [5.74, 6) is 2.25. The second kappa shape index (κ2) is 7.96. The molecule has 2 nitrogen and oxygen atoms in total. The number of aliphatic hydroxyl groups is 1. The Morgan fingerprint density at radius 2 is 2.04 bits per heavy atom. The Kier molecular flexibility index (Phi) is 6.48. The second-order valence-electron chi connectivity index (χ2n) is 8.75. The lowest BCUT2D eigenvalue weighted by molar-refractivity contribution is -0.115. The monoisotopic (exact) mass is 320 g/mol. The molecule has 2 rings (SSSR count). The topological polar surface area (TPSA) is 37.3 Å². The Balaban J connectivity index is 1.87. The largest absolute Gasteiger partial charge is 0.393 e. The summed E-state index contributed by atoms with van der Waals surface area (Å²) in [7, 11) is 0. The molecule has 0 heterocycles. The highest BCUT2D eigenvalue weighted by atomic mass is 16.3. The van der Waals surface area contributed by atoms with Crippen molar-refractivity contribution in [1.29, 1.82) is 0 Å². The van der Waals surface area contributed by atoms with Crippen molar-refractivity contribution in [1.82, 2.24) is 0 Å². The average Bonchev–Trinajstić information content (AvgIpc) is 2.77. The molecule has 0 saturated heterocycles. The third kappa shape index (κ3) is 4.68. The Labute approximate surface area is 142 Å². The molecule has 1 N–H and O–H groups in total. The van der Waals surface area contributed by atoms with Crippen molar-refractivity contribution in [3.8, 4) is 0 Å². The molecule has 132 valence electrons. The molecule has 1 fully saturated rings. The van der Waals surface area contributed by atoms with Crippen LogP contribution in [0, 0.1) is 23.2 Å². The first-order valence-electron chi connectivity index (χ1n) is 9.74. The fourth-order valence-corrected chi connectivity index (χ4v) is 4.57. The third-order valence-corrected chi connectivity index (χ3v) is 6.56. The molecule has 0 aromatic heterocycles. The standard InChI is InChI=1S/C21H36O2/c1-15(2)12-13-21(4)18(9-11-20(21)23)7-5-6-17-14-19(22)10-8-16(17)3/h14-16,18,20,23H,5-13H2,1-4H3/t16-,18-,20+,21+/m1/s1. The highest BCUT2D eigenvalue weighted by Crippen LogP contribution is 2.49. The number of allylic oxidation sites excluding steroid dienone is 2. The van der Waals surface area contributed by atoms with Crippen molar-refractivity contribution in [2.75, 3.05) is 0 Å². The number of rotatable bonds is 7. The number of carbonyl (C=O) groups is 1. The fourth-order valence-electron chi connectivity index (χ4n) is 4.57. The molecule has 0 amide bonds. The van der Waals surface area contributed by atoms with Crippen molar-refractivity contribution in [2.45, 2.75) is 91.6 Å². The zero-order valence-electron chi connectivity index (χ0n) is 15.6. The van der Waals surface area contributed by atoms with Gasteiger partial charge in [-0.3, -0.25) is 4.79 Å². The van der Waals surface area contributed by atoms with Crippen molar-refractivity contribution in [3.63, 3.8) is 0 Å². The molecule has 0 radical (unpaired) electrons. The van der Waals surface area contributed by atoms with E-state index in [2.05, 4.69) is 27.7 Å². The summed E-state index contributed by atoms with van der Waals surface area (Å²) in [6.45, 7) is 9.11. The second-order valence-corrected chi connectivity index (χ2v) is 8.75. The zero-order chi connectivity index (χ0) is 17.0. The van der Waals surface area contributed by atoms with Gasteiger partial charge in [-0.1, -0.05) is 39.7 Å². The van der Waals surface area contributed by atoms with E-state index < -0.39 is 0 Å². The number of hydrogen-bond donors (Lipinski definition) is 1. The maximum Gasteiger partial charge on any atom is 0.155 e. The van der Waals surface area contributed by atoms with E-state index >= 15 is 0 Å². The van der Waals surface area contributed by atoms with Gasteiger partial charge in [0.1, 0.15) is 0 Å². The molecule has 0 aliphatic heterocycles. The van der Waals surface area contributed by atoms with Gasteiger partial charge in [-0.15, -0.1) is 0 Å². The van der Waals surface area contributed by atoms with Crippen LogP contribution in [0.3, 0.4) is 0 Å². The molecular weight excluding hydrogens is 284 g/mol. The Hall–Kier alpha value is -0.630. The minimum atomic E-state index is -0.124. The Morgan fingerprint density at radius 3 is 2.74 bits per heavy atom. The molecule has 2 aliphatic rings. The van der Waals surface area contributed by atoms with Gasteiger partial charge in [0.05, 0.1) is 6.10 Å². The molecule has 1 saturated carbocycles. The summed E-state index contributed by atoms with van der Waals surface area (Å²) in [4.78, 5) is 11.6. The lowest BCUT2D eigenvalue weighted by Gasteiger charge is -2.35. The first-order valence-corrected chi connectivity index (χ1v) is 9.74. The maximum absolute atomic E-state index is 11.6. The number of aliphatic hydroxyl groups excluding tert-OH is 1. The zero-order valence-corrected chi connectivity index (χ0v) is 15.6. The molecular formula is C21H36O2. The SMILES string of the molecule is CC(C)CC[C@@]1(C)[C@H](CCCC2=CC(=O)CC[C@H]2C)CC[C@@H]1O. The highest BCUT2D eigenvalue weighted by Gasteiger charge is 2.44. The van der Waals surface area contributed by atoms with Gasteiger partial charge < -0.3 is 5.11 Å². The van der Waals surface area contributed by atoms with Crippen LogP contribution >= 0.6 is 0 Å². The third-order valence-electron chi connectivity index (χ3n) is 6.56. The molecule has 4 atom stereocenters. The molecule has 2 heteroatoms. The van der Waals surface area contributed by atoms with Crippen LogP contribution in [0.5, 0.6) is 0 Å². The Morgan fingerprint density at radius 1 is 1.30 bits per heavy atom. The fraction of sp³-hybridized carbons (Fsp3) is 0.857. The van der Waals surface area contributed by atoms with E-state index in [4.69, 9.17) is 0 Å². The van der Waals surface area contributed by atoms with Crippen LogP contribution in [-0.4, -0.2) is 17.0 Å². The van der Waals surface area contributed by atoms with Gasteiger partial charge in [-0.25, -0.2) is 0 Å². The van der Waals surface area contributed by atoms with E-state index in [1.54, 1.807) is 0 Å². The summed E-state index contributed by atoms with van der Waals surface area (Å²) in [6.07, 6.45) is 11.5. The van der Waals surface area contributed by atoms with Crippen LogP contribution in [-0.2, 0) is 4.79 Å². The van der Waals surface area contributed by atoms with E-state index in [1.807, 2.05) is 6.08 Å². The summed E-state index contributed by atoms with van der Waals surface area (Å²) < 4.78 is 0. The summed E-state index contributed by atoms with van der Waals surface area (Å²) in [5, 5.41) is 10.5. The van der Waals surface area contributed by atoms with E-state index in [0.29, 0.717) is 23.5 Å². The highest BCUT2D eigenvalue weighted by molar-refractivity contribution is 5.91. The van der Waals surface area contributed by atoms with Gasteiger partial charge in [0, 0.05) is 6.42 Å². The minimum Gasteiger partial charge on any atom is -0.393 e. The van der Waals surface area contributed by atoms with Crippen LogP contribution in [0.4, 0.5) is 0 Å². The predicted molar refractivity (Wildman–Crippen MR) is 96.2 cm³/mol. The van der Waals surface area contributed by atoms with Gasteiger partial charge in [0.2, 0.25) is 0 Å². The number of ketones is 1. The smallest absolute Gasteiger partial charge is 0.155 e. The van der Waals surface area contributed by atoms with Gasteiger partial charge >= 0.3 is 0 Å². The van der Waals surface area contributed by atoms with Crippen LogP contribution in [0.2, 0.25) is 0 Å². The van der Waals surface area contributed by atoms with Crippen LogP contribution in [0.1, 0.15) is 85.5 Å². The summed E-state index contributed by atoms with van der Waals surface area (Å²) >= 11 is 0. The molecule has 0 aromatic rings. The van der Waals surface area contributed by atoms with Crippen molar-refractivity contribution in [3.05, 3.63) is 11.6 Å². The first kappa shape index (κ1) is 18.7. The van der Waals surface area contributed by atoms with Crippen LogP contribution in [0.25, 0.3) is 0 Å². The predicted octanol–water partition coefficient (Wildman–Crippen LogP) is 5.30. The Bertz CT molecular complexity index is 437. The van der Waals surface area contributed by atoms with E-state index in [0.717, 1.165) is 38.5 Å². The lowest BCUT2D eigenvalue weighted by Crippen LogP contribution is -2.33. The molecule has 0 aromatic carbocycles.